The van der Waals surface area contributed by atoms with Gasteiger partial charge in [-0.2, -0.15) is 0 Å². The second-order valence-electron chi connectivity index (χ2n) is 4.19. The van der Waals surface area contributed by atoms with Crippen LogP contribution in [0.4, 0.5) is 0 Å². The van der Waals surface area contributed by atoms with Crippen molar-refractivity contribution in [2.75, 3.05) is 7.11 Å². The van der Waals surface area contributed by atoms with Crippen LogP contribution in [0.1, 0.15) is 10.4 Å². The van der Waals surface area contributed by atoms with Crippen LogP contribution in [0, 0.1) is 0 Å². The van der Waals surface area contributed by atoms with E-state index in [1.165, 1.54) is 0 Å². The van der Waals surface area contributed by atoms with Gasteiger partial charge in [0.05, 0.1) is 7.11 Å². The minimum absolute atomic E-state index is 0.156. The summed E-state index contributed by atoms with van der Waals surface area (Å²) in [6.45, 7) is 0. The van der Waals surface area contributed by atoms with Gasteiger partial charge in [-0.1, -0.05) is 0 Å². The lowest BCUT2D eigenvalue weighted by Gasteiger charge is -2.06. The molecule has 1 N–H and O–H groups in total. The standard InChI is InChI=1S/C14H11N3O3/c1-20-12-3-2-9(7-16-12)10-6-11(14(18)19)13-15-4-5-17(13)8-10/h2-8H,1H3,(H,18,19). The highest BCUT2D eigenvalue weighted by Gasteiger charge is 2.13. The predicted octanol–water partition coefficient (Wildman–Crippen LogP) is 2.10. The molecular weight excluding hydrogens is 258 g/mol. The van der Waals surface area contributed by atoms with Crippen LogP contribution in [0.5, 0.6) is 5.88 Å². The number of fused-ring (bicyclic) bond motifs is 1. The summed E-state index contributed by atoms with van der Waals surface area (Å²) in [6.07, 6.45) is 6.74. The summed E-state index contributed by atoms with van der Waals surface area (Å²) >= 11 is 0. The highest BCUT2D eigenvalue weighted by atomic mass is 16.5. The molecule has 3 aromatic rings. The average molecular weight is 269 g/mol. The molecule has 0 aliphatic rings. The first kappa shape index (κ1) is 12.2. The van der Waals surface area contributed by atoms with E-state index in [1.54, 1.807) is 42.2 Å². The Kier molecular flexibility index (Phi) is 2.83. The van der Waals surface area contributed by atoms with E-state index in [9.17, 15) is 9.90 Å². The first-order chi connectivity index (χ1) is 9.69. The van der Waals surface area contributed by atoms with Crippen molar-refractivity contribution < 1.29 is 14.6 Å². The number of hydrogen-bond donors (Lipinski definition) is 1. The van der Waals surface area contributed by atoms with Crippen LogP contribution in [-0.2, 0) is 0 Å². The molecule has 0 amide bonds. The van der Waals surface area contributed by atoms with Gasteiger partial charge in [0.25, 0.3) is 0 Å². The third kappa shape index (κ3) is 1.97. The highest BCUT2D eigenvalue weighted by Crippen LogP contribution is 2.23. The number of carbonyl (C=O) groups is 1. The molecule has 0 fully saturated rings. The maximum atomic E-state index is 11.3. The van der Waals surface area contributed by atoms with Crippen LogP contribution in [0.15, 0.2) is 43.0 Å². The summed E-state index contributed by atoms with van der Waals surface area (Å²) in [5.41, 5.74) is 2.14. The van der Waals surface area contributed by atoms with E-state index in [2.05, 4.69) is 9.97 Å². The van der Waals surface area contributed by atoms with Gasteiger partial charge < -0.3 is 14.2 Å². The zero-order valence-corrected chi connectivity index (χ0v) is 10.6. The highest BCUT2D eigenvalue weighted by molar-refractivity contribution is 5.95. The van der Waals surface area contributed by atoms with Gasteiger partial charge in [-0.15, -0.1) is 0 Å². The smallest absolute Gasteiger partial charge is 0.339 e. The molecule has 0 saturated heterocycles. The van der Waals surface area contributed by atoms with Crippen molar-refractivity contribution in [3.8, 4) is 17.0 Å². The van der Waals surface area contributed by atoms with Gasteiger partial charge in [-0.25, -0.2) is 14.8 Å². The summed E-state index contributed by atoms with van der Waals surface area (Å²) in [7, 11) is 1.54. The maximum Gasteiger partial charge on any atom is 0.339 e. The lowest BCUT2D eigenvalue weighted by Crippen LogP contribution is -2.01. The number of methoxy groups -OCH3 is 1. The Morgan fingerprint density at radius 2 is 2.15 bits per heavy atom. The Bertz CT molecular complexity index is 778. The predicted molar refractivity (Wildman–Crippen MR) is 71.9 cm³/mol. The van der Waals surface area contributed by atoms with Crippen LogP contribution < -0.4 is 4.74 Å². The number of carboxylic acid groups (broad SMARTS) is 1. The van der Waals surface area contributed by atoms with Crippen molar-refractivity contribution in [1.82, 2.24) is 14.4 Å². The molecule has 3 aromatic heterocycles. The second-order valence-corrected chi connectivity index (χ2v) is 4.19. The molecule has 0 spiro atoms. The lowest BCUT2D eigenvalue weighted by molar-refractivity contribution is 0.0698. The molecule has 3 rings (SSSR count). The number of nitrogens with zero attached hydrogens (tertiary/aromatic N) is 3. The zero-order chi connectivity index (χ0) is 14.1. The first-order valence-corrected chi connectivity index (χ1v) is 5.89. The fraction of sp³-hybridized carbons (Fsp3) is 0.0714. The molecule has 3 heterocycles. The van der Waals surface area contributed by atoms with Gasteiger partial charge in [-0.3, -0.25) is 0 Å². The topological polar surface area (TPSA) is 76.7 Å². The molecule has 6 nitrogen and oxygen atoms in total. The number of rotatable bonds is 3. The van der Waals surface area contributed by atoms with Crippen LogP contribution >= 0.6 is 0 Å². The fourth-order valence-electron chi connectivity index (χ4n) is 2.02. The monoisotopic (exact) mass is 269 g/mol. The number of imidazole rings is 1. The van der Waals surface area contributed by atoms with Crippen molar-refractivity contribution in [2.24, 2.45) is 0 Å². The van der Waals surface area contributed by atoms with E-state index in [-0.39, 0.29) is 5.56 Å². The van der Waals surface area contributed by atoms with Gasteiger partial charge in [0, 0.05) is 42.0 Å². The van der Waals surface area contributed by atoms with E-state index in [1.807, 2.05) is 12.3 Å². The Morgan fingerprint density at radius 3 is 2.80 bits per heavy atom. The third-order valence-corrected chi connectivity index (χ3v) is 3.00. The Morgan fingerprint density at radius 1 is 1.30 bits per heavy atom. The van der Waals surface area contributed by atoms with E-state index in [0.717, 1.165) is 11.1 Å². The molecule has 0 bridgehead atoms. The Labute approximate surface area is 114 Å². The van der Waals surface area contributed by atoms with E-state index < -0.39 is 5.97 Å². The van der Waals surface area contributed by atoms with Gasteiger partial charge in [0.2, 0.25) is 5.88 Å². The van der Waals surface area contributed by atoms with Crippen molar-refractivity contribution >= 4 is 11.6 Å². The molecule has 0 aliphatic heterocycles. The first-order valence-electron chi connectivity index (χ1n) is 5.89. The fourth-order valence-corrected chi connectivity index (χ4v) is 2.02. The molecule has 6 heteroatoms. The SMILES string of the molecule is COc1ccc(-c2cc(C(=O)O)c3nccn3c2)cn1. The van der Waals surface area contributed by atoms with Gasteiger partial charge in [-0.05, 0) is 12.1 Å². The number of ether oxygens (including phenoxy) is 1. The van der Waals surface area contributed by atoms with Gasteiger partial charge >= 0.3 is 5.97 Å². The van der Waals surface area contributed by atoms with E-state index in [0.29, 0.717) is 11.5 Å². The normalized spacial score (nSPS) is 10.7. The van der Waals surface area contributed by atoms with Gasteiger partial charge in [0.15, 0.2) is 5.65 Å². The number of pyridine rings is 2. The van der Waals surface area contributed by atoms with Crippen molar-refractivity contribution in [3.05, 3.63) is 48.5 Å². The number of aromatic carboxylic acids is 1. The van der Waals surface area contributed by atoms with Crippen LogP contribution in [0.3, 0.4) is 0 Å². The number of hydrogen-bond acceptors (Lipinski definition) is 4. The second kappa shape index (κ2) is 4.65. The van der Waals surface area contributed by atoms with Crippen molar-refractivity contribution in [1.29, 1.82) is 0 Å². The molecule has 100 valence electrons. The summed E-state index contributed by atoms with van der Waals surface area (Å²) in [6, 6.07) is 5.15. The van der Waals surface area contributed by atoms with Crippen LogP contribution in [0.25, 0.3) is 16.8 Å². The Balaban J connectivity index is 2.17. The molecule has 0 aromatic carbocycles. The Hall–Kier alpha value is -2.89. The van der Waals surface area contributed by atoms with Crippen molar-refractivity contribution in [3.63, 3.8) is 0 Å². The molecule has 0 radical (unpaired) electrons. The average Bonchev–Trinajstić information content (AvgIpc) is 2.94. The largest absolute Gasteiger partial charge is 0.481 e. The third-order valence-electron chi connectivity index (χ3n) is 3.00. The maximum absolute atomic E-state index is 11.3. The lowest BCUT2D eigenvalue weighted by atomic mass is 10.1. The van der Waals surface area contributed by atoms with Crippen molar-refractivity contribution in [2.45, 2.75) is 0 Å². The summed E-state index contributed by atoms with van der Waals surface area (Å²) in [5, 5.41) is 9.27. The molecular formula is C14H11N3O3. The summed E-state index contributed by atoms with van der Waals surface area (Å²) < 4.78 is 6.69. The minimum Gasteiger partial charge on any atom is -0.481 e. The molecule has 0 unspecified atom stereocenters. The number of aromatic nitrogens is 3. The molecule has 0 aliphatic carbocycles. The van der Waals surface area contributed by atoms with Crippen LogP contribution in [-0.4, -0.2) is 32.6 Å². The zero-order valence-electron chi connectivity index (χ0n) is 10.6. The van der Waals surface area contributed by atoms with Gasteiger partial charge in [0.1, 0.15) is 5.56 Å². The van der Waals surface area contributed by atoms with Crippen LogP contribution in [0.2, 0.25) is 0 Å². The minimum atomic E-state index is -1.01. The molecule has 20 heavy (non-hydrogen) atoms. The molecule has 0 saturated carbocycles. The summed E-state index contributed by atoms with van der Waals surface area (Å²) in [5.74, 6) is -0.500. The quantitative estimate of drug-likeness (QED) is 0.788. The molecule has 0 atom stereocenters. The van der Waals surface area contributed by atoms with E-state index >= 15 is 0 Å². The number of carboxylic acids is 1. The summed E-state index contributed by atoms with van der Waals surface area (Å²) in [4.78, 5) is 19.5. The van der Waals surface area contributed by atoms with E-state index in [4.69, 9.17) is 4.74 Å².